The standard InChI is InChI=1S/C9H13ClN2O2/c1-13-9(14-2)6-12-8-5-11-4-3-7(8)10/h3-5,9,12H,6H2,1-2H3. The van der Waals surface area contributed by atoms with Gasteiger partial charge < -0.3 is 14.8 Å². The molecule has 0 saturated carbocycles. The van der Waals surface area contributed by atoms with Gasteiger partial charge in [0.1, 0.15) is 0 Å². The summed E-state index contributed by atoms with van der Waals surface area (Å²) in [6.07, 6.45) is 3.01. The van der Waals surface area contributed by atoms with Crippen molar-refractivity contribution in [3.63, 3.8) is 0 Å². The topological polar surface area (TPSA) is 43.4 Å². The molecule has 5 heteroatoms. The molecule has 78 valence electrons. The summed E-state index contributed by atoms with van der Waals surface area (Å²) in [5.74, 6) is 0. The summed E-state index contributed by atoms with van der Waals surface area (Å²) < 4.78 is 10.0. The average molecular weight is 217 g/mol. The molecule has 0 saturated heterocycles. The molecule has 0 unspecified atom stereocenters. The first-order valence-corrected chi connectivity index (χ1v) is 4.54. The van der Waals surface area contributed by atoms with Gasteiger partial charge in [-0.3, -0.25) is 4.98 Å². The fourth-order valence-electron chi connectivity index (χ4n) is 0.964. The normalized spacial score (nSPS) is 10.6. The van der Waals surface area contributed by atoms with Gasteiger partial charge >= 0.3 is 0 Å². The average Bonchev–Trinajstić information content (AvgIpc) is 2.22. The lowest BCUT2D eigenvalue weighted by Gasteiger charge is -2.15. The first-order valence-electron chi connectivity index (χ1n) is 4.17. The van der Waals surface area contributed by atoms with Crippen molar-refractivity contribution >= 4 is 17.3 Å². The highest BCUT2D eigenvalue weighted by molar-refractivity contribution is 6.33. The number of rotatable bonds is 5. The van der Waals surface area contributed by atoms with Crippen LogP contribution in [0.3, 0.4) is 0 Å². The zero-order chi connectivity index (χ0) is 10.4. The summed E-state index contributed by atoms with van der Waals surface area (Å²) in [5, 5.41) is 3.70. The highest BCUT2D eigenvalue weighted by Gasteiger charge is 2.05. The molecule has 14 heavy (non-hydrogen) atoms. The molecular formula is C9H13ClN2O2. The Hall–Kier alpha value is -0.840. The van der Waals surface area contributed by atoms with E-state index in [0.29, 0.717) is 11.6 Å². The molecular weight excluding hydrogens is 204 g/mol. The third-order valence-electron chi connectivity index (χ3n) is 1.75. The van der Waals surface area contributed by atoms with E-state index < -0.39 is 0 Å². The molecule has 0 spiro atoms. The SMILES string of the molecule is COC(CNc1cnccc1Cl)OC. The molecule has 0 atom stereocenters. The van der Waals surface area contributed by atoms with Crippen LogP contribution in [0.4, 0.5) is 5.69 Å². The Kier molecular flexibility index (Phi) is 4.65. The second-order valence-corrected chi connectivity index (χ2v) is 3.04. The van der Waals surface area contributed by atoms with Crippen LogP contribution in [0.1, 0.15) is 0 Å². The van der Waals surface area contributed by atoms with Gasteiger partial charge in [-0.05, 0) is 6.07 Å². The maximum atomic E-state index is 5.91. The summed E-state index contributed by atoms with van der Waals surface area (Å²) in [4.78, 5) is 3.95. The molecule has 1 aromatic heterocycles. The van der Waals surface area contributed by atoms with E-state index in [-0.39, 0.29) is 6.29 Å². The molecule has 0 amide bonds. The summed E-state index contributed by atoms with van der Waals surface area (Å²) >= 11 is 5.91. The van der Waals surface area contributed by atoms with Crippen LogP contribution in [0.25, 0.3) is 0 Å². The van der Waals surface area contributed by atoms with Crippen molar-refractivity contribution in [3.8, 4) is 0 Å². The molecule has 0 aromatic carbocycles. The molecule has 0 bridgehead atoms. The number of nitrogens with one attached hydrogen (secondary N) is 1. The largest absolute Gasteiger partial charge is 0.377 e. The van der Waals surface area contributed by atoms with Crippen LogP contribution in [-0.4, -0.2) is 32.0 Å². The first kappa shape index (κ1) is 11.2. The van der Waals surface area contributed by atoms with Crippen molar-refractivity contribution < 1.29 is 9.47 Å². The summed E-state index contributed by atoms with van der Waals surface area (Å²) in [6, 6.07) is 1.72. The van der Waals surface area contributed by atoms with Gasteiger partial charge in [0, 0.05) is 20.4 Å². The predicted molar refractivity (Wildman–Crippen MR) is 55.5 cm³/mol. The van der Waals surface area contributed by atoms with Crippen LogP contribution >= 0.6 is 11.6 Å². The number of nitrogens with zero attached hydrogens (tertiary/aromatic N) is 1. The highest BCUT2D eigenvalue weighted by Crippen LogP contribution is 2.18. The van der Waals surface area contributed by atoms with Crippen molar-refractivity contribution in [1.29, 1.82) is 0 Å². The van der Waals surface area contributed by atoms with E-state index in [1.165, 1.54) is 0 Å². The monoisotopic (exact) mass is 216 g/mol. The fourth-order valence-corrected chi connectivity index (χ4v) is 1.14. The van der Waals surface area contributed by atoms with Crippen molar-refractivity contribution in [2.45, 2.75) is 6.29 Å². The number of hydrogen-bond acceptors (Lipinski definition) is 4. The second-order valence-electron chi connectivity index (χ2n) is 2.64. The molecule has 1 N–H and O–H groups in total. The van der Waals surface area contributed by atoms with Crippen LogP contribution in [-0.2, 0) is 9.47 Å². The molecule has 0 aliphatic rings. The van der Waals surface area contributed by atoms with E-state index in [1.807, 2.05) is 0 Å². The third kappa shape index (κ3) is 3.14. The van der Waals surface area contributed by atoms with Gasteiger partial charge in [0.15, 0.2) is 6.29 Å². The van der Waals surface area contributed by atoms with Gasteiger partial charge in [-0.1, -0.05) is 11.6 Å². The van der Waals surface area contributed by atoms with Crippen molar-refractivity contribution in [1.82, 2.24) is 4.98 Å². The Labute approximate surface area is 88.2 Å². The number of methoxy groups -OCH3 is 2. The van der Waals surface area contributed by atoms with E-state index in [9.17, 15) is 0 Å². The zero-order valence-electron chi connectivity index (χ0n) is 8.16. The van der Waals surface area contributed by atoms with Crippen molar-refractivity contribution in [2.75, 3.05) is 26.1 Å². The van der Waals surface area contributed by atoms with Gasteiger partial charge in [-0.25, -0.2) is 0 Å². The Bertz CT molecular complexity index is 279. The first-order chi connectivity index (χ1) is 6.77. The van der Waals surface area contributed by atoms with Gasteiger partial charge in [0.2, 0.25) is 0 Å². The molecule has 1 rings (SSSR count). The van der Waals surface area contributed by atoms with Crippen molar-refractivity contribution in [3.05, 3.63) is 23.5 Å². The van der Waals surface area contributed by atoms with Gasteiger partial charge in [-0.2, -0.15) is 0 Å². The molecule has 1 aromatic rings. The predicted octanol–water partition coefficient (Wildman–Crippen LogP) is 1.77. The van der Waals surface area contributed by atoms with E-state index in [0.717, 1.165) is 5.69 Å². The van der Waals surface area contributed by atoms with Crippen molar-refractivity contribution in [2.24, 2.45) is 0 Å². The lowest BCUT2D eigenvalue weighted by molar-refractivity contribution is -0.0914. The number of aromatic nitrogens is 1. The van der Waals surface area contributed by atoms with Gasteiger partial charge in [0.05, 0.1) is 23.5 Å². The molecule has 4 nitrogen and oxygen atoms in total. The number of halogens is 1. The molecule has 0 fully saturated rings. The van der Waals surface area contributed by atoms with E-state index in [4.69, 9.17) is 21.1 Å². The van der Waals surface area contributed by atoms with Crippen LogP contribution < -0.4 is 5.32 Å². The van der Waals surface area contributed by atoms with Crippen LogP contribution in [0, 0.1) is 0 Å². The summed E-state index contributed by atoms with van der Waals surface area (Å²) in [6.45, 7) is 0.526. The fraction of sp³-hybridized carbons (Fsp3) is 0.444. The maximum absolute atomic E-state index is 5.91. The van der Waals surface area contributed by atoms with E-state index in [2.05, 4.69) is 10.3 Å². The third-order valence-corrected chi connectivity index (χ3v) is 2.08. The van der Waals surface area contributed by atoms with Crippen LogP contribution in [0.2, 0.25) is 5.02 Å². The minimum Gasteiger partial charge on any atom is -0.377 e. The lowest BCUT2D eigenvalue weighted by Crippen LogP contribution is -2.23. The Balaban J connectivity index is 2.49. The minimum atomic E-state index is -0.286. The van der Waals surface area contributed by atoms with Gasteiger partial charge in [-0.15, -0.1) is 0 Å². The molecule has 1 heterocycles. The lowest BCUT2D eigenvalue weighted by atomic mass is 10.4. The molecule has 0 radical (unpaired) electrons. The minimum absolute atomic E-state index is 0.286. The smallest absolute Gasteiger partial charge is 0.173 e. The Morgan fingerprint density at radius 2 is 2.21 bits per heavy atom. The molecule has 0 aliphatic carbocycles. The Morgan fingerprint density at radius 1 is 1.50 bits per heavy atom. The van der Waals surface area contributed by atoms with E-state index >= 15 is 0 Å². The quantitative estimate of drug-likeness (QED) is 0.762. The Morgan fingerprint density at radius 3 is 2.79 bits per heavy atom. The molecule has 0 aliphatic heterocycles. The number of pyridine rings is 1. The van der Waals surface area contributed by atoms with E-state index in [1.54, 1.807) is 32.7 Å². The number of anilines is 1. The van der Waals surface area contributed by atoms with Crippen LogP contribution in [0.5, 0.6) is 0 Å². The maximum Gasteiger partial charge on any atom is 0.173 e. The number of ether oxygens (including phenoxy) is 2. The highest BCUT2D eigenvalue weighted by atomic mass is 35.5. The zero-order valence-corrected chi connectivity index (χ0v) is 8.91. The number of hydrogen-bond donors (Lipinski definition) is 1. The van der Waals surface area contributed by atoms with Crippen LogP contribution in [0.15, 0.2) is 18.5 Å². The summed E-state index contributed by atoms with van der Waals surface area (Å²) in [7, 11) is 3.17. The summed E-state index contributed by atoms with van der Waals surface area (Å²) in [5.41, 5.74) is 0.772. The second kappa shape index (κ2) is 5.80. The van der Waals surface area contributed by atoms with Gasteiger partial charge in [0.25, 0.3) is 0 Å².